The molecule has 2 aromatic rings. The van der Waals surface area contributed by atoms with Crippen LogP contribution in [0.2, 0.25) is 0 Å². The lowest BCUT2D eigenvalue weighted by molar-refractivity contribution is 0.0747. The van der Waals surface area contributed by atoms with Crippen LogP contribution in [0, 0.1) is 12.7 Å². The maximum absolute atomic E-state index is 13.0. The van der Waals surface area contributed by atoms with E-state index in [0.29, 0.717) is 18.7 Å². The predicted molar refractivity (Wildman–Crippen MR) is 85.4 cm³/mol. The fourth-order valence-electron chi connectivity index (χ4n) is 2.65. The van der Waals surface area contributed by atoms with Crippen LogP contribution in [0.5, 0.6) is 0 Å². The molecule has 113 valence electrons. The Labute approximate surface area is 130 Å². The summed E-state index contributed by atoms with van der Waals surface area (Å²) < 4.78 is 13.0. The highest BCUT2D eigenvalue weighted by molar-refractivity contribution is 5.94. The van der Waals surface area contributed by atoms with Gasteiger partial charge in [0.2, 0.25) is 0 Å². The fraction of sp³-hybridized carbons (Fsp3) is 0.222. The molecule has 1 aliphatic heterocycles. The minimum absolute atomic E-state index is 0.0544. The van der Waals surface area contributed by atoms with Crippen LogP contribution in [0.15, 0.2) is 48.5 Å². The van der Waals surface area contributed by atoms with E-state index in [1.165, 1.54) is 12.1 Å². The van der Waals surface area contributed by atoms with Gasteiger partial charge in [-0.15, -0.1) is 0 Å². The highest BCUT2D eigenvalue weighted by Crippen LogP contribution is 2.18. The van der Waals surface area contributed by atoms with Crippen LogP contribution < -0.4 is 4.90 Å². The van der Waals surface area contributed by atoms with Crippen LogP contribution in [0.3, 0.4) is 0 Å². The van der Waals surface area contributed by atoms with Gasteiger partial charge in [-0.3, -0.25) is 4.79 Å². The first kappa shape index (κ1) is 14.6. The molecule has 2 aromatic carbocycles. The van der Waals surface area contributed by atoms with Gasteiger partial charge in [0, 0.05) is 37.4 Å². The lowest BCUT2D eigenvalue weighted by atomic mass is 10.1. The summed E-state index contributed by atoms with van der Waals surface area (Å²) >= 11 is 0. The highest BCUT2D eigenvalue weighted by Gasteiger charge is 2.22. The van der Waals surface area contributed by atoms with Crippen LogP contribution in [-0.4, -0.2) is 37.0 Å². The van der Waals surface area contributed by atoms with E-state index in [4.69, 9.17) is 0 Å². The third kappa shape index (κ3) is 3.11. The van der Waals surface area contributed by atoms with Crippen LogP contribution in [0.1, 0.15) is 15.9 Å². The molecule has 1 amide bonds. The van der Waals surface area contributed by atoms with Crippen molar-refractivity contribution >= 4 is 11.6 Å². The summed E-state index contributed by atoms with van der Waals surface area (Å²) in [6.45, 7) is 6.67. The van der Waals surface area contributed by atoms with Crippen molar-refractivity contribution in [2.45, 2.75) is 0 Å². The average molecular weight is 297 g/mol. The molecular weight excluding hydrogens is 279 g/mol. The molecule has 1 heterocycles. The largest absolute Gasteiger partial charge is 0.368 e. The maximum Gasteiger partial charge on any atom is 0.253 e. The molecule has 1 aliphatic rings. The van der Waals surface area contributed by atoms with Crippen LogP contribution in [-0.2, 0) is 0 Å². The van der Waals surface area contributed by atoms with Crippen molar-refractivity contribution < 1.29 is 9.18 Å². The molecule has 1 radical (unpaired) electrons. The van der Waals surface area contributed by atoms with Gasteiger partial charge in [0.1, 0.15) is 5.82 Å². The van der Waals surface area contributed by atoms with Crippen molar-refractivity contribution in [2.75, 3.05) is 31.1 Å². The predicted octanol–water partition coefficient (Wildman–Crippen LogP) is 2.97. The number of halogens is 1. The number of benzene rings is 2. The van der Waals surface area contributed by atoms with E-state index in [2.05, 4.69) is 11.8 Å². The Hall–Kier alpha value is -2.36. The average Bonchev–Trinajstić information content (AvgIpc) is 2.56. The van der Waals surface area contributed by atoms with E-state index < -0.39 is 0 Å². The third-order valence-corrected chi connectivity index (χ3v) is 3.96. The minimum Gasteiger partial charge on any atom is -0.368 e. The van der Waals surface area contributed by atoms with Gasteiger partial charge >= 0.3 is 0 Å². The highest BCUT2D eigenvalue weighted by atomic mass is 19.1. The van der Waals surface area contributed by atoms with Gasteiger partial charge in [-0.2, -0.15) is 0 Å². The molecule has 0 N–H and O–H groups in total. The molecule has 0 spiro atoms. The number of piperazine rings is 1. The number of anilines is 1. The Bertz CT molecular complexity index is 644. The molecule has 3 rings (SSSR count). The smallest absolute Gasteiger partial charge is 0.253 e. The number of amides is 1. The van der Waals surface area contributed by atoms with Gasteiger partial charge in [0.15, 0.2) is 0 Å². The Kier molecular flexibility index (Phi) is 4.09. The molecule has 3 nitrogen and oxygen atoms in total. The Morgan fingerprint density at radius 2 is 1.50 bits per heavy atom. The van der Waals surface area contributed by atoms with Crippen molar-refractivity contribution in [1.29, 1.82) is 0 Å². The van der Waals surface area contributed by atoms with Gasteiger partial charge in [0.25, 0.3) is 5.91 Å². The SMILES string of the molecule is [CH2]c1ccc(C(=O)N2CCN(c3ccc(F)cc3)CC2)cc1. The summed E-state index contributed by atoms with van der Waals surface area (Å²) in [7, 11) is 0. The number of nitrogens with zero attached hydrogens (tertiary/aromatic N) is 2. The van der Waals surface area contributed by atoms with Crippen molar-refractivity contribution in [1.82, 2.24) is 4.90 Å². The zero-order chi connectivity index (χ0) is 15.5. The molecule has 4 heteroatoms. The van der Waals surface area contributed by atoms with Gasteiger partial charge in [-0.1, -0.05) is 12.1 Å². The van der Waals surface area contributed by atoms with E-state index in [0.717, 1.165) is 24.3 Å². The molecule has 1 saturated heterocycles. The van der Waals surface area contributed by atoms with Crippen molar-refractivity contribution in [3.05, 3.63) is 72.4 Å². The van der Waals surface area contributed by atoms with Gasteiger partial charge in [-0.05, 0) is 48.9 Å². The summed E-state index contributed by atoms with van der Waals surface area (Å²) in [5, 5.41) is 0. The molecule has 0 saturated carbocycles. The second kappa shape index (κ2) is 6.18. The van der Waals surface area contributed by atoms with Crippen LogP contribution in [0.25, 0.3) is 0 Å². The molecule has 22 heavy (non-hydrogen) atoms. The van der Waals surface area contributed by atoms with Crippen LogP contribution in [0.4, 0.5) is 10.1 Å². The molecule has 0 aliphatic carbocycles. The van der Waals surface area contributed by atoms with Crippen molar-refractivity contribution in [3.63, 3.8) is 0 Å². The number of hydrogen-bond acceptors (Lipinski definition) is 2. The van der Waals surface area contributed by atoms with E-state index >= 15 is 0 Å². The summed E-state index contributed by atoms with van der Waals surface area (Å²) in [5.74, 6) is -0.176. The quantitative estimate of drug-likeness (QED) is 0.851. The van der Waals surface area contributed by atoms with Gasteiger partial charge in [0.05, 0.1) is 0 Å². The fourth-order valence-corrected chi connectivity index (χ4v) is 2.65. The Balaban J connectivity index is 1.62. The van der Waals surface area contributed by atoms with Gasteiger partial charge < -0.3 is 9.80 Å². The zero-order valence-corrected chi connectivity index (χ0v) is 12.3. The molecular formula is C18H18FN2O. The normalized spacial score (nSPS) is 15.0. The second-order valence-electron chi connectivity index (χ2n) is 5.45. The first-order valence-electron chi connectivity index (χ1n) is 7.35. The molecule has 0 aromatic heterocycles. The first-order valence-corrected chi connectivity index (χ1v) is 7.35. The van der Waals surface area contributed by atoms with Crippen molar-refractivity contribution in [3.8, 4) is 0 Å². The Morgan fingerprint density at radius 1 is 0.909 bits per heavy atom. The van der Waals surface area contributed by atoms with Crippen LogP contribution >= 0.6 is 0 Å². The third-order valence-electron chi connectivity index (χ3n) is 3.96. The summed E-state index contributed by atoms with van der Waals surface area (Å²) in [5.41, 5.74) is 2.59. The molecule has 0 bridgehead atoms. The second-order valence-corrected chi connectivity index (χ2v) is 5.45. The molecule has 1 fully saturated rings. The maximum atomic E-state index is 13.0. The van der Waals surface area contributed by atoms with Crippen molar-refractivity contribution in [2.24, 2.45) is 0 Å². The molecule has 0 unspecified atom stereocenters. The Morgan fingerprint density at radius 3 is 2.09 bits per heavy atom. The van der Waals surface area contributed by atoms with E-state index in [1.54, 1.807) is 12.1 Å². The van der Waals surface area contributed by atoms with Gasteiger partial charge in [-0.25, -0.2) is 4.39 Å². The first-order chi connectivity index (χ1) is 10.6. The lowest BCUT2D eigenvalue weighted by Crippen LogP contribution is -2.48. The monoisotopic (exact) mass is 297 g/mol. The summed E-state index contributed by atoms with van der Waals surface area (Å²) in [6.07, 6.45) is 0. The lowest BCUT2D eigenvalue weighted by Gasteiger charge is -2.36. The zero-order valence-electron chi connectivity index (χ0n) is 12.3. The number of carbonyl (C=O) groups excluding carboxylic acids is 1. The summed E-state index contributed by atoms with van der Waals surface area (Å²) in [4.78, 5) is 16.5. The van der Waals surface area contributed by atoms with E-state index in [9.17, 15) is 9.18 Å². The van der Waals surface area contributed by atoms with E-state index in [-0.39, 0.29) is 11.7 Å². The summed E-state index contributed by atoms with van der Waals surface area (Å²) in [6, 6.07) is 13.8. The number of carbonyl (C=O) groups is 1. The number of hydrogen-bond donors (Lipinski definition) is 0. The topological polar surface area (TPSA) is 23.6 Å². The minimum atomic E-state index is -0.230. The van der Waals surface area contributed by atoms with E-state index in [1.807, 2.05) is 29.2 Å². The standard InChI is InChI=1S/C18H18FN2O/c1-14-2-4-15(5-3-14)18(22)21-12-10-20(11-13-21)17-8-6-16(19)7-9-17/h2-9H,1,10-13H2. The molecule has 0 atom stereocenters. The number of rotatable bonds is 2.